The van der Waals surface area contributed by atoms with Crippen molar-refractivity contribution in [3.63, 3.8) is 0 Å². The molecule has 0 unspecified atom stereocenters. The quantitative estimate of drug-likeness (QED) is 0.844. The van der Waals surface area contributed by atoms with Gasteiger partial charge in [-0.2, -0.15) is 0 Å². The molecule has 2 amide bonds. The molecular weight excluding hydrogens is 290 g/mol. The Kier molecular flexibility index (Phi) is 5.71. The number of likely N-dealkylation sites (N-methyl/N-ethyl adjacent to an activating group) is 1. The predicted molar refractivity (Wildman–Crippen MR) is 91.8 cm³/mol. The van der Waals surface area contributed by atoms with Crippen molar-refractivity contribution in [1.29, 1.82) is 0 Å². The van der Waals surface area contributed by atoms with Crippen molar-refractivity contribution in [2.24, 2.45) is 11.8 Å². The zero-order valence-corrected chi connectivity index (χ0v) is 15.4. The van der Waals surface area contributed by atoms with E-state index in [9.17, 15) is 9.59 Å². The number of likely N-dealkylation sites (tertiary alicyclic amines) is 1. The monoisotopic (exact) mass is 323 g/mol. The Balaban J connectivity index is 2.03. The third kappa shape index (κ3) is 3.87. The van der Waals surface area contributed by atoms with Gasteiger partial charge in [-0.25, -0.2) is 0 Å². The minimum Gasteiger partial charge on any atom is -0.342 e. The van der Waals surface area contributed by atoms with Gasteiger partial charge in [0.25, 0.3) is 0 Å². The number of carbonyl (C=O) groups excluding carboxylic acids is 2. The van der Waals surface area contributed by atoms with Gasteiger partial charge in [0.1, 0.15) is 0 Å². The van der Waals surface area contributed by atoms with E-state index in [0.717, 1.165) is 38.9 Å². The van der Waals surface area contributed by atoms with Gasteiger partial charge in [-0.05, 0) is 25.2 Å². The molecule has 0 saturated carbocycles. The third-order valence-electron chi connectivity index (χ3n) is 5.07. The van der Waals surface area contributed by atoms with E-state index in [2.05, 4.69) is 39.9 Å². The van der Waals surface area contributed by atoms with E-state index >= 15 is 0 Å². The topological polar surface area (TPSA) is 52.7 Å². The summed E-state index contributed by atoms with van der Waals surface area (Å²) in [5.41, 5.74) is -0.236. The van der Waals surface area contributed by atoms with Gasteiger partial charge < -0.3 is 9.80 Å². The first kappa shape index (κ1) is 18.2. The lowest BCUT2D eigenvalue weighted by molar-refractivity contribution is -0.137. The molecule has 0 radical (unpaired) electrons. The maximum absolute atomic E-state index is 12.7. The summed E-state index contributed by atoms with van der Waals surface area (Å²) in [4.78, 5) is 28.9. The fourth-order valence-corrected chi connectivity index (χ4v) is 3.97. The molecule has 23 heavy (non-hydrogen) atoms. The van der Waals surface area contributed by atoms with Crippen LogP contribution in [0.25, 0.3) is 0 Å². The molecule has 0 aliphatic carbocycles. The summed E-state index contributed by atoms with van der Waals surface area (Å²) in [5, 5.41) is 3.63. The summed E-state index contributed by atoms with van der Waals surface area (Å²) in [6, 6.07) is -0.0622. The maximum Gasteiger partial charge on any atom is 0.241 e. The number of carbonyl (C=O) groups is 2. The number of hydrogen-bond acceptors (Lipinski definition) is 3. The summed E-state index contributed by atoms with van der Waals surface area (Å²) in [6.07, 6.45) is 3.18. The molecule has 0 aromatic heterocycles. The van der Waals surface area contributed by atoms with Crippen LogP contribution in [0, 0.1) is 11.8 Å². The Bertz CT molecular complexity index is 440. The molecule has 132 valence electrons. The second-order valence-electron chi connectivity index (χ2n) is 7.92. The Hall–Kier alpha value is -1.10. The van der Waals surface area contributed by atoms with Crippen LogP contribution in [0.4, 0.5) is 0 Å². The number of hydrogen-bond donors (Lipinski definition) is 1. The molecule has 2 aliphatic heterocycles. The SMILES string of the molecule is CCN1C(=O)[C@H](CC(C)C)NC12CCN(C(=O)CC(C)C)CC2. The van der Waals surface area contributed by atoms with Crippen LogP contribution in [0.5, 0.6) is 0 Å². The lowest BCUT2D eigenvalue weighted by Gasteiger charge is -2.44. The molecule has 2 aliphatic rings. The van der Waals surface area contributed by atoms with Crippen molar-refractivity contribution in [3.05, 3.63) is 0 Å². The summed E-state index contributed by atoms with van der Waals surface area (Å²) < 4.78 is 0. The van der Waals surface area contributed by atoms with Crippen LogP contribution in [0.3, 0.4) is 0 Å². The smallest absolute Gasteiger partial charge is 0.241 e. The number of amides is 2. The van der Waals surface area contributed by atoms with Gasteiger partial charge in [-0.15, -0.1) is 0 Å². The molecule has 0 aromatic rings. The standard InChI is InChI=1S/C18H33N3O2/c1-6-21-17(23)15(11-13(2)3)19-18(21)7-9-20(10-8-18)16(22)12-14(4)5/h13-15,19H,6-12H2,1-5H3/t15-/m0/s1. The first-order valence-electron chi connectivity index (χ1n) is 9.16. The molecule has 5 nitrogen and oxygen atoms in total. The van der Waals surface area contributed by atoms with E-state index in [-0.39, 0.29) is 23.5 Å². The number of nitrogens with one attached hydrogen (secondary N) is 1. The van der Waals surface area contributed by atoms with E-state index in [0.29, 0.717) is 18.3 Å². The van der Waals surface area contributed by atoms with Crippen LogP contribution in [0.15, 0.2) is 0 Å². The molecule has 1 spiro atoms. The van der Waals surface area contributed by atoms with Crippen molar-refractivity contribution in [3.8, 4) is 0 Å². The molecule has 1 atom stereocenters. The first-order chi connectivity index (χ1) is 10.8. The molecule has 0 aromatic carbocycles. The largest absolute Gasteiger partial charge is 0.342 e. The first-order valence-corrected chi connectivity index (χ1v) is 9.16. The Labute approximate surface area is 140 Å². The average Bonchev–Trinajstić information content (AvgIpc) is 2.70. The maximum atomic E-state index is 12.7. The molecular formula is C18H33N3O2. The van der Waals surface area contributed by atoms with Crippen LogP contribution in [-0.2, 0) is 9.59 Å². The highest BCUT2D eigenvalue weighted by Crippen LogP contribution is 2.34. The van der Waals surface area contributed by atoms with E-state index in [1.807, 2.05) is 9.80 Å². The highest BCUT2D eigenvalue weighted by Gasteiger charge is 2.50. The van der Waals surface area contributed by atoms with Crippen molar-refractivity contribution in [2.75, 3.05) is 19.6 Å². The van der Waals surface area contributed by atoms with Crippen molar-refractivity contribution >= 4 is 11.8 Å². The molecule has 2 saturated heterocycles. The van der Waals surface area contributed by atoms with Gasteiger partial charge in [0.2, 0.25) is 11.8 Å². The van der Waals surface area contributed by atoms with Gasteiger partial charge in [-0.1, -0.05) is 27.7 Å². The second kappa shape index (κ2) is 7.20. The number of rotatable bonds is 5. The van der Waals surface area contributed by atoms with Crippen LogP contribution in [0.1, 0.15) is 60.3 Å². The van der Waals surface area contributed by atoms with Crippen LogP contribution in [0.2, 0.25) is 0 Å². The lowest BCUT2D eigenvalue weighted by atomic mass is 9.95. The van der Waals surface area contributed by atoms with Gasteiger partial charge >= 0.3 is 0 Å². The van der Waals surface area contributed by atoms with Crippen LogP contribution in [-0.4, -0.2) is 53.0 Å². The highest BCUT2D eigenvalue weighted by atomic mass is 16.2. The second-order valence-corrected chi connectivity index (χ2v) is 7.92. The zero-order valence-electron chi connectivity index (χ0n) is 15.4. The fraction of sp³-hybridized carbons (Fsp3) is 0.889. The van der Waals surface area contributed by atoms with Gasteiger partial charge in [0, 0.05) is 38.9 Å². The normalized spacial score (nSPS) is 24.3. The van der Waals surface area contributed by atoms with Gasteiger partial charge in [0.05, 0.1) is 11.7 Å². The van der Waals surface area contributed by atoms with Crippen LogP contribution >= 0.6 is 0 Å². The summed E-state index contributed by atoms with van der Waals surface area (Å²) >= 11 is 0. The molecule has 2 rings (SSSR count). The Morgan fingerprint density at radius 1 is 1.22 bits per heavy atom. The number of piperidine rings is 1. The van der Waals surface area contributed by atoms with Crippen LogP contribution < -0.4 is 5.32 Å². The minimum absolute atomic E-state index is 0.0622. The van der Waals surface area contributed by atoms with E-state index < -0.39 is 0 Å². The van der Waals surface area contributed by atoms with Gasteiger partial charge in [-0.3, -0.25) is 14.9 Å². The van der Waals surface area contributed by atoms with E-state index in [1.165, 1.54) is 0 Å². The summed E-state index contributed by atoms with van der Waals surface area (Å²) in [6.45, 7) is 12.8. The van der Waals surface area contributed by atoms with Crippen molar-refractivity contribution in [2.45, 2.75) is 72.0 Å². The molecule has 1 N–H and O–H groups in total. The molecule has 2 fully saturated rings. The van der Waals surface area contributed by atoms with Crippen molar-refractivity contribution in [1.82, 2.24) is 15.1 Å². The third-order valence-corrected chi connectivity index (χ3v) is 5.07. The molecule has 0 bridgehead atoms. The van der Waals surface area contributed by atoms with E-state index in [4.69, 9.17) is 0 Å². The van der Waals surface area contributed by atoms with Crippen molar-refractivity contribution < 1.29 is 9.59 Å². The summed E-state index contributed by atoms with van der Waals surface area (Å²) in [5.74, 6) is 1.38. The molecule has 2 heterocycles. The average molecular weight is 323 g/mol. The minimum atomic E-state index is -0.236. The lowest BCUT2D eigenvalue weighted by Crippen LogP contribution is -2.59. The Morgan fingerprint density at radius 2 is 1.83 bits per heavy atom. The summed E-state index contributed by atoms with van der Waals surface area (Å²) in [7, 11) is 0. The fourth-order valence-electron chi connectivity index (χ4n) is 3.97. The number of nitrogens with zero attached hydrogens (tertiary/aromatic N) is 2. The Morgan fingerprint density at radius 3 is 2.30 bits per heavy atom. The molecule has 5 heteroatoms. The zero-order chi connectivity index (χ0) is 17.2. The van der Waals surface area contributed by atoms with Gasteiger partial charge in [0.15, 0.2) is 0 Å². The van der Waals surface area contributed by atoms with E-state index in [1.54, 1.807) is 0 Å². The highest BCUT2D eigenvalue weighted by molar-refractivity contribution is 5.85. The predicted octanol–water partition coefficient (Wildman–Crippen LogP) is 2.22.